The van der Waals surface area contributed by atoms with E-state index in [1.54, 1.807) is 0 Å². The highest BCUT2D eigenvalue weighted by atomic mass is 16.6. The second kappa shape index (κ2) is 45.6. The molecule has 0 aromatic carbocycles. The summed E-state index contributed by atoms with van der Waals surface area (Å²) in [6.07, 6.45) is 17.2. The van der Waals surface area contributed by atoms with Gasteiger partial charge >= 0.3 is 0 Å². The number of hydrogen-bond acceptors (Lipinski definition) is 21. The summed E-state index contributed by atoms with van der Waals surface area (Å²) in [6, 6.07) is -0.265. The highest BCUT2D eigenvalue weighted by Crippen LogP contribution is 2.36. The van der Waals surface area contributed by atoms with Crippen LogP contribution in [0.5, 0.6) is 0 Å². The normalized spacial score (nSPS) is 32.7. The largest absolute Gasteiger partial charge is 0.378 e. The summed E-state index contributed by atoms with van der Waals surface area (Å²) < 4.78 is 39.9. The summed E-state index contributed by atoms with van der Waals surface area (Å²) in [5, 5.41) is 92.3. The van der Waals surface area contributed by atoms with E-state index in [2.05, 4.69) is 78.3 Å². The van der Waals surface area contributed by atoms with E-state index in [0.29, 0.717) is 118 Å². The number of ether oxygens (including phenoxy) is 6. The molecule has 0 spiro atoms. The Bertz CT molecular complexity index is 1660. The van der Waals surface area contributed by atoms with Crippen LogP contribution in [-0.2, 0) is 28.4 Å². The topological polar surface area (TPSA) is 304 Å². The maximum absolute atomic E-state index is 12.5. The number of nitrogens with zero attached hydrogens (tertiary/aromatic N) is 1. The molecule has 21 nitrogen and oxygen atoms in total. The van der Waals surface area contributed by atoms with Crippen LogP contribution in [0.2, 0.25) is 0 Å². The molecule has 3 aliphatic carbocycles. The minimum absolute atomic E-state index is 0.265. The van der Waals surface area contributed by atoms with Crippen molar-refractivity contribution in [3.63, 3.8) is 0 Å². The predicted molar refractivity (Wildman–Crippen MR) is 337 cm³/mol. The summed E-state index contributed by atoms with van der Waals surface area (Å²) in [5.74, 6) is -2.78. The molecule has 7 aliphatic rings. The molecule has 0 aromatic rings. The van der Waals surface area contributed by atoms with Gasteiger partial charge in [-0.15, -0.1) is 0 Å². The maximum atomic E-state index is 12.5. The van der Waals surface area contributed by atoms with Gasteiger partial charge in [-0.3, -0.25) is 36.8 Å². The van der Waals surface area contributed by atoms with E-state index in [1.807, 2.05) is 36.5 Å². The van der Waals surface area contributed by atoms with E-state index >= 15 is 0 Å². The first kappa shape index (κ1) is 75.8. The van der Waals surface area contributed by atoms with Crippen LogP contribution in [0.25, 0.3) is 0 Å². The number of nitrogens with one attached hydrogen (secondary N) is 6. The van der Waals surface area contributed by atoms with Gasteiger partial charge in [-0.25, -0.2) is 0 Å². The van der Waals surface area contributed by atoms with Crippen molar-refractivity contribution in [2.24, 2.45) is 47.0 Å². The van der Waals surface area contributed by atoms with Crippen molar-refractivity contribution in [2.75, 3.05) is 105 Å². The van der Waals surface area contributed by atoms with Crippen molar-refractivity contribution in [2.45, 2.75) is 231 Å². The molecule has 498 valence electrons. The van der Waals surface area contributed by atoms with Crippen LogP contribution in [0.4, 0.5) is 0 Å². The van der Waals surface area contributed by atoms with Crippen LogP contribution in [0.1, 0.15) is 151 Å². The molecule has 4 heterocycles. The lowest BCUT2D eigenvalue weighted by Crippen LogP contribution is -2.58. The smallest absolute Gasteiger partial charge is 0.114 e. The first-order valence-electron chi connectivity index (χ1n) is 33.8. The molecule has 0 aromatic heterocycles. The van der Waals surface area contributed by atoms with Crippen molar-refractivity contribution < 1.29 is 59.1 Å². The van der Waals surface area contributed by atoms with Crippen molar-refractivity contribution in [3.8, 4) is 0 Å². The van der Waals surface area contributed by atoms with E-state index in [1.165, 1.54) is 0 Å². The van der Waals surface area contributed by atoms with Gasteiger partial charge in [0, 0.05) is 127 Å². The summed E-state index contributed by atoms with van der Waals surface area (Å²) in [4.78, 5) is 2.27. The molecular formula is C64H125N9O12. The fraction of sp³-hybridized carbons (Fsp3) is 0.906. The van der Waals surface area contributed by atoms with E-state index < -0.39 is 109 Å². The standard InChI is InChI=1S/C64H125N9O12/c1-7-13-39-80-53-47-24-26-50(55(53)82-41-15-9-3)62(77)70-35-37-73(45-46(23-22-30-65)72-64(79)52-29-28-49(61(76)69-34-31-66)57(84-43-17-11-5)58(52)85-44-18-12-6)38-36-71-63(78)51-27-25-48(60(75)68-33-21-19-20-32-67-59(47)74)54(81-40-14-8-2)56(51)83-42-16-10-4/h24-29,46-64,67-72,74-79H,7-23,30-45,65-66H2,1-6H3/t46?,47-,48-,49+,50+,51?,52-,53?,54?,55?,56+,57?,58?,59?,60?,61+,62?,63+,64+/m1/s1. The second-order valence-electron chi connectivity index (χ2n) is 24.1. The van der Waals surface area contributed by atoms with E-state index in [4.69, 9.17) is 39.9 Å². The zero-order valence-corrected chi connectivity index (χ0v) is 53.5. The van der Waals surface area contributed by atoms with E-state index in [-0.39, 0.29) is 6.04 Å². The van der Waals surface area contributed by atoms with Crippen molar-refractivity contribution in [1.82, 2.24) is 36.8 Å². The number of rotatable bonds is 36. The maximum Gasteiger partial charge on any atom is 0.114 e. The molecule has 85 heavy (non-hydrogen) atoms. The summed E-state index contributed by atoms with van der Waals surface area (Å²) in [7, 11) is 0. The Morgan fingerprint density at radius 2 is 0.788 bits per heavy atom. The summed E-state index contributed by atoms with van der Waals surface area (Å²) in [6.45, 7) is 20.2. The quantitative estimate of drug-likeness (QED) is 0.0243. The highest BCUT2D eigenvalue weighted by molar-refractivity contribution is 5.13. The Hall–Kier alpha value is -1.62. The summed E-state index contributed by atoms with van der Waals surface area (Å²) >= 11 is 0. The van der Waals surface area contributed by atoms with E-state index in [9.17, 15) is 30.6 Å². The Morgan fingerprint density at radius 3 is 1.13 bits per heavy atom. The molecule has 0 radical (unpaired) electrons. The van der Waals surface area contributed by atoms with Gasteiger partial charge in [0.25, 0.3) is 0 Å². The average Bonchev–Trinajstić information content (AvgIpc) is 3.47. The van der Waals surface area contributed by atoms with Gasteiger partial charge in [-0.1, -0.05) is 123 Å². The van der Waals surface area contributed by atoms with Gasteiger partial charge in [0.1, 0.15) is 37.4 Å². The number of aliphatic hydroxyl groups excluding tert-OH is 6. The molecule has 7 rings (SSSR count). The fourth-order valence-electron chi connectivity index (χ4n) is 12.0. The number of hydrogen-bond donors (Lipinski definition) is 14. The molecular weight excluding hydrogens is 1090 g/mol. The fourth-order valence-corrected chi connectivity index (χ4v) is 12.0. The minimum Gasteiger partial charge on any atom is -0.378 e. The van der Waals surface area contributed by atoms with Gasteiger partial charge in [-0.05, 0) is 83.8 Å². The number of aliphatic hydroxyl groups is 6. The SMILES string of the molecule is CCCCOC1C(OCCCC)[C@H]2C=C[C@@H]1C(O)NCCN(CC(CCCN)N[C@@H](O)[C@@H]1C=C[C@H]([C@H](O)NCCN)C(OCCCC)C1OCCCC)CCN[C@@H](O)C1C=C[C@@H](C(O)NCCCCCNC2O)C(OCCCC)[C@H]1OCCCC. The Morgan fingerprint density at radius 1 is 0.447 bits per heavy atom. The van der Waals surface area contributed by atoms with Crippen LogP contribution in [0, 0.1) is 35.5 Å². The monoisotopic (exact) mass is 1210 g/mol. The first-order chi connectivity index (χ1) is 41.4. The lowest BCUT2D eigenvalue weighted by molar-refractivity contribution is -0.149. The molecule has 4 aliphatic heterocycles. The van der Waals surface area contributed by atoms with Crippen LogP contribution in [-0.4, -0.2) is 221 Å². The molecule has 19 atom stereocenters. The molecule has 1 fully saturated rings. The first-order valence-corrected chi connectivity index (χ1v) is 33.8. The van der Waals surface area contributed by atoms with Crippen molar-refractivity contribution >= 4 is 0 Å². The van der Waals surface area contributed by atoms with Crippen LogP contribution in [0.3, 0.4) is 0 Å². The lowest BCUT2D eigenvalue weighted by Gasteiger charge is -2.43. The molecule has 10 unspecified atom stereocenters. The van der Waals surface area contributed by atoms with Crippen molar-refractivity contribution in [1.29, 1.82) is 0 Å². The van der Waals surface area contributed by atoms with Gasteiger partial charge in [-0.2, -0.15) is 0 Å². The third-order valence-electron chi connectivity index (χ3n) is 17.2. The second-order valence-corrected chi connectivity index (χ2v) is 24.1. The minimum atomic E-state index is -1.07. The Balaban J connectivity index is 1.72. The molecule has 0 saturated carbocycles. The predicted octanol–water partition coefficient (Wildman–Crippen LogP) is 3.50. The number of unbranched alkanes of at least 4 members (excludes halogenated alkanes) is 6. The van der Waals surface area contributed by atoms with Crippen molar-refractivity contribution in [3.05, 3.63) is 36.5 Å². The third-order valence-corrected chi connectivity index (χ3v) is 17.2. The number of nitrogens with two attached hydrogens (primary N) is 2. The molecule has 16 N–H and O–H groups in total. The van der Waals surface area contributed by atoms with Gasteiger partial charge < -0.3 is 70.5 Å². The molecule has 1 saturated heterocycles. The molecule has 21 heteroatoms. The third kappa shape index (κ3) is 26.6. The zero-order chi connectivity index (χ0) is 61.6. The average molecular weight is 1210 g/mol. The lowest BCUT2D eigenvalue weighted by atomic mass is 9.80. The van der Waals surface area contributed by atoms with Gasteiger partial charge in [0.15, 0.2) is 0 Å². The van der Waals surface area contributed by atoms with E-state index in [0.717, 1.165) is 96.3 Å². The Labute approximate surface area is 513 Å². The molecule has 0 amide bonds. The van der Waals surface area contributed by atoms with Gasteiger partial charge in [0.2, 0.25) is 0 Å². The summed E-state index contributed by atoms with van der Waals surface area (Å²) in [5.41, 5.74) is 12.1. The van der Waals surface area contributed by atoms with Crippen LogP contribution in [0.15, 0.2) is 36.5 Å². The molecule has 4 bridgehead atoms. The Kier molecular flexibility index (Phi) is 40.7. The highest BCUT2D eigenvalue weighted by Gasteiger charge is 2.47. The van der Waals surface area contributed by atoms with Gasteiger partial charge in [0.05, 0.1) is 36.6 Å². The zero-order valence-electron chi connectivity index (χ0n) is 53.5. The van der Waals surface area contributed by atoms with Crippen LogP contribution >= 0.6 is 0 Å². The van der Waals surface area contributed by atoms with Crippen LogP contribution < -0.4 is 43.4 Å².